The van der Waals surface area contributed by atoms with Crippen molar-refractivity contribution in [2.24, 2.45) is 0 Å². The Hall–Kier alpha value is -1.70. The van der Waals surface area contributed by atoms with Gasteiger partial charge < -0.3 is 0 Å². The molecule has 2 rings (SSSR count). The molecule has 0 aliphatic rings. The summed E-state index contributed by atoms with van der Waals surface area (Å²) in [6, 6.07) is 15.8. The van der Waals surface area contributed by atoms with Gasteiger partial charge in [0.05, 0.1) is 13.3 Å². The van der Waals surface area contributed by atoms with Gasteiger partial charge in [-0.3, -0.25) is 8.78 Å². The molecule has 0 radical (unpaired) electrons. The van der Waals surface area contributed by atoms with E-state index in [0.717, 1.165) is 22.3 Å². The third-order valence-electron chi connectivity index (χ3n) is 3.01. The maximum absolute atomic E-state index is 12.2. The number of hydrogen-bond acceptors (Lipinski definition) is 0. The van der Waals surface area contributed by atoms with Crippen molar-refractivity contribution >= 4 is 0 Å². The smallest absolute Gasteiger partial charge is 0.0934 e. The zero-order valence-corrected chi connectivity index (χ0v) is 10.2. The van der Waals surface area contributed by atoms with Gasteiger partial charge in [-0.1, -0.05) is 48.5 Å². The molecular formula is C16H16F2. The molecule has 0 N–H and O–H groups in total. The lowest BCUT2D eigenvalue weighted by molar-refractivity contribution is 0.495. The van der Waals surface area contributed by atoms with Crippen LogP contribution in [0.15, 0.2) is 48.5 Å². The van der Waals surface area contributed by atoms with Crippen LogP contribution in [0.25, 0.3) is 11.1 Å². The van der Waals surface area contributed by atoms with E-state index in [1.165, 1.54) is 0 Å². The van der Waals surface area contributed by atoms with Gasteiger partial charge in [-0.25, -0.2) is 0 Å². The Morgan fingerprint density at radius 1 is 0.556 bits per heavy atom. The highest BCUT2D eigenvalue weighted by molar-refractivity contribution is 5.63. The Morgan fingerprint density at radius 3 is 1.17 bits per heavy atom. The van der Waals surface area contributed by atoms with Crippen LogP contribution in [0, 0.1) is 0 Å². The summed E-state index contributed by atoms with van der Waals surface area (Å²) in [5.41, 5.74) is 4.22. The molecule has 0 fully saturated rings. The van der Waals surface area contributed by atoms with E-state index in [0.29, 0.717) is 12.8 Å². The molecule has 0 unspecified atom stereocenters. The highest BCUT2D eigenvalue weighted by Gasteiger charge is 1.99. The zero-order chi connectivity index (χ0) is 12.8. The fourth-order valence-electron chi connectivity index (χ4n) is 1.95. The first-order valence-electron chi connectivity index (χ1n) is 6.13. The molecule has 0 nitrogen and oxygen atoms in total. The van der Waals surface area contributed by atoms with E-state index in [9.17, 15) is 8.78 Å². The van der Waals surface area contributed by atoms with Crippen LogP contribution in [-0.2, 0) is 12.8 Å². The van der Waals surface area contributed by atoms with Crippen molar-refractivity contribution in [3.63, 3.8) is 0 Å². The van der Waals surface area contributed by atoms with E-state index in [-0.39, 0.29) is 13.3 Å². The minimum absolute atomic E-state index is 0.322. The molecule has 2 aromatic rings. The van der Waals surface area contributed by atoms with Crippen LogP contribution in [0.3, 0.4) is 0 Å². The second-order valence-electron chi connectivity index (χ2n) is 4.27. The average molecular weight is 246 g/mol. The Bertz CT molecular complexity index is 424. The lowest BCUT2D eigenvalue weighted by atomic mass is 10.0. The van der Waals surface area contributed by atoms with Crippen molar-refractivity contribution in [2.45, 2.75) is 12.8 Å². The molecule has 0 saturated carbocycles. The highest BCUT2D eigenvalue weighted by Crippen LogP contribution is 2.20. The number of benzene rings is 2. The molecule has 0 aromatic heterocycles. The first kappa shape index (κ1) is 12.7. The molecule has 0 amide bonds. The van der Waals surface area contributed by atoms with Gasteiger partial charge in [-0.2, -0.15) is 0 Å². The fourth-order valence-corrected chi connectivity index (χ4v) is 1.95. The maximum atomic E-state index is 12.2. The summed E-state index contributed by atoms with van der Waals surface area (Å²) < 4.78 is 24.4. The van der Waals surface area contributed by atoms with E-state index in [1.54, 1.807) is 0 Å². The summed E-state index contributed by atoms with van der Waals surface area (Å²) in [6.45, 7) is -0.644. The van der Waals surface area contributed by atoms with E-state index in [1.807, 2.05) is 48.5 Å². The lowest BCUT2D eigenvalue weighted by Gasteiger charge is -2.05. The van der Waals surface area contributed by atoms with Crippen molar-refractivity contribution in [1.29, 1.82) is 0 Å². The summed E-state index contributed by atoms with van der Waals surface area (Å²) in [7, 11) is 0. The predicted molar refractivity (Wildman–Crippen MR) is 71.2 cm³/mol. The molecule has 0 aliphatic carbocycles. The molecule has 0 aliphatic heterocycles. The Labute approximate surface area is 106 Å². The molecule has 0 spiro atoms. The summed E-state index contributed by atoms with van der Waals surface area (Å²) >= 11 is 0. The molecule has 0 heterocycles. The van der Waals surface area contributed by atoms with Gasteiger partial charge in [0.1, 0.15) is 0 Å². The van der Waals surface area contributed by atoms with Crippen LogP contribution in [0.5, 0.6) is 0 Å². The summed E-state index contributed by atoms with van der Waals surface area (Å²) in [5, 5.41) is 0. The number of aryl methyl sites for hydroxylation is 2. The van der Waals surface area contributed by atoms with Crippen molar-refractivity contribution in [1.82, 2.24) is 0 Å². The van der Waals surface area contributed by atoms with Gasteiger partial charge in [0, 0.05) is 12.8 Å². The molecule has 2 heteroatoms. The molecule has 2 aromatic carbocycles. The summed E-state index contributed by atoms with van der Waals surface area (Å²) in [6.07, 6.45) is 0.936. The predicted octanol–water partition coefficient (Wildman–Crippen LogP) is 4.38. The summed E-state index contributed by atoms with van der Waals surface area (Å²) in [4.78, 5) is 0. The minimum atomic E-state index is -0.322. The van der Waals surface area contributed by atoms with Gasteiger partial charge in [0.2, 0.25) is 0 Å². The zero-order valence-electron chi connectivity index (χ0n) is 10.2. The molecule has 0 saturated heterocycles. The first-order chi connectivity index (χ1) is 8.83. The SMILES string of the molecule is FCCc1ccc(-c2ccc(CCF)cc2)cc1. The third-order valence-corrected chi connectivity index (χ3v) is 3.01. The summed E-state index contributed by atoms with van der Waals surface area (Å²) in [5.74, 6) is 0. The van der Waals surface area contributed by atoms with Crippen molar-refractivity contribution in [3.05, 3.63) is 59.7 Å². The molecule has 18 heavy (non-hydrogen) atoms. The van der Waals surface area contributed by atoms with Gasteiger partial charge in [0.15, 0.2) is 0 Å². The normalized spacial score (nSPS) is 10.6. The van der Waals surface area contributed by atoms with Gasteiger partial charge in [0.25, 0.3) is 0 Å². The van der Waals surface area contributed by atoms with Crippen molar-refractivity contribution in [3.8, 4) is 11.1 Å². The van der Waals surface area contributed by atoms with Crippen LogP contribution in [-0.4, -0.2) is 13.3 Å². The maximum Gasteiger partial charge on any atom is 0.0934 e. The number of rotatable bonds is 5. The van der Waals surface area contributed by atoms with Gasteiger partial charge in [-0.15, -0.1) is 0 Å². The van der Waals surface area contributed by atoms with Crippen LogP contribution in [0.1, 0.15) is 11.1 Å². The Kier molecular flexibility index (Phi) is 4.46. The van der Waals surface area contributed by atoms with E-state index in [4.69, 9.17) is 0 Å². The Morgan fingerprint density at radius 2 is 0.889 bits per heavy atom. The standard InChI is InChI=1S/C16H16F2/c17-11-9-13-1-5-15(6-2-13)16-7-3-14(4-8-16)10-12-18/h1-8H,9-12H2. The Balaban J connectivity index is 2.15. The third kappa shape index (κ3) is 3.16. The first-order valence-corrected chi connectivity index (χ1v) is 6.13. The molecule has 0 atom stereocenters. The van der Waals surface area contributed by atoms with Crippen molar-refractivity contribution in [2.75, 3.05) is 13.3 Å². The highest BCUT2D eigenvalue weighted by atomic mass is 19.1. The van der Waals surface area contributed by atoms with E-state index >= 15 is 0 Å². The van der Waals surface area contributed by atoms with Gasteiger partial charge in [-0.05, 0) is 22.3 Å². The topological polar surface area (TPSA) is 0 Å². The molecular weight excluding hydrogens is 230 g/mol. The number of hydrogen-bond donors (Lipinski definition) is 0. The van der Waals surface area contributed by atoms with Crippen LogP contribution in [0.2, 0.25) is 0 Å². The van der Waals surface area contributed by atoms with Crippen LogP contribution in [0.4, 0.5) is 8.78 Å². The number of alkyl halides is 2. The molecule has 94 valence electrons. The second kappa shape index (κ2) is 6.29. The van der Waals surface area contributed by atoms with E-state index < -0.39 is 0 Å². The average Bonchev–Trinajstić information content (AvgIpc) is 2.41. The molecule has 0 bridgehead atoms. The lowest BCUT2D eigenvalue weighted by Crippen LogP contribution is -1.88. The minimum Gasteiger partial charge on any atom is -0.251 e. The van der Waals surface area contributed by atoms with E-state index in [2.05, 4.69) is 0 Å². The quantitative estimate of drug-likeness (QED) is 0.734. The largest absolute Gasteiger partial charge is 0.251 e. The van der Waals surface area contributed by atoms with Gasteiger partial charge >= 0.3 is 0 Å². The second-order valence-corrected chi connectivity index (χ2v) is 4.27. The van der Waals surface area contributed by atoms with Crippen LogP contribution >= 0.6 is 0 Å². The number of halogens is 2. The van der Waals surface area contributed by atoms with Crippen LogP contribution < -0.4 is 0 Å². The fraction of sp³-hybridized carbons (Fsp3) is 0.250. The monoisotopic (exact) mass is 246 g/mol. The van der Waals surface area contributed by atoms with Crippen molar-refractivity contribution < 1.29 is 8.78 Å².